The fraction of sp³-hybridized carbons (Fsp3) is 0.370. The molecule has 6 heteroatoms. The van der Waals surface area contributed by atoms with Gasteiger partial charge in [-0.05, 0) is 43.4 Å². The number of hydrogen-bond acceptors (Lipinski definition) is 3. The highest BCUT2D eigenvalue weighted by Gasteiger charge is 2.30. The molecule has 1 aliphatic heterocycles. The van der Waals surface area contributed by atoms with Gasteiger partial charge in [-0.25, -0.2) is 0 Å². The van der Waals surface area contributed by atoms with Gasteiger partial charge in [-0.3, -0.25) is 14.3 Å². The fourth-order valence-electron chi connectivity index (χ4n) is 4.65. The third-order valence-electron chi connectivity index (χ3n) is 6.49. The number of nitrogens with one attached hydrogen (secondary N) is 1. The molecule has 0 bridgehead atoms. The van der Waals surface area contributed by atoms with E-state index in [0.717, 1.165) is 28.8 Å². The molecule has 1 aliphatic rings. The SMILES string of the molecule is CCc1nn(C)c(C(=O)N2CCNC(=O)[C@H](Cc3ccc(-c4cccc(C)c4)cc3)C2)c1C. The molecule has 1 N–H and O–H groups in total. The normalized spacial score (nSPS) is 16.4. The van der Waals surface area contributed by atoms with Crippen molar-refractivity contribution in [1.82, 2.24) is 20.0 Å². The van der Waals surface area contributed by atoms with E-state index in [1.54, 1.807) is 9.58 Å². The lowest BCUT2D eigenvalue weighted by Gasteiger charge is -2.23. The lowest BCUT2D eigenvalue weighted by molar-refractivity contribution is -0.124. The zero-order valence-corrected chi connectivity index (χ0v) is 19.9. The van der Waals surface area contributed by atoms with Crippen molar-refractivity contribution in [3.8, 4) is 11.1 Å². The second-order valence-electron chi connectivity index (χ2n) is 8.91. The fourth-order valence-corrected chi connectivity index (χ4v) is 4.65. The van der Waals surface area contributed by atoms with Crippen molar-refractivity contribution in [2.75, 3.05) is 19.6 Å². The number of carbonyl (C=O) groups is 2. The van der Waals surface area contributed by atoms with E-state index in [-0.39, 0.29) is 17.7 Å². The molecule has 1 aromatic heterocycles. The van der Waals surface area contributed by atoms with Crippen molar-refractivity contribution in [1.29, 1.82) is 0 Å². The number of hydrogen-bond donors (Lipinski definition) is 1. The number of carbonyl (C=O) groups excluding carboxylic acids is 2. The molecular formula is C27H32N4O2. The largest absolute Gasteiger partial charge is 0.354 e. The van der Waals surface area contributed by atoms with Gasteiger partial charge in [0.25, 0.3) is 5.91 Å². The maximum Gasteiger partial charge on any atom is 0.272 e. The van der Waals surface area contributed by atoms with Crippen LogP contribution in [0.5, 0.6) is 0 Å². The van der Waals surface area contributed by atoms with Crippen LogP contribution < -0.4 is 5.32 Å². The van der Waals surface area contributed by atoms with Crippen LogP contribution in [-0.4, -0.2) is 46.1 Å². The Morgan fingerprint density at radius 2 is 1.88 bits per heavy atom. The summed E-state index contributed by atoms with van der Waals surface area (Å²) in [5, 5.41) is 7.48. The molecule has 172 valence electrons. The Balaban J connectivity index is 1.51. The van der Waals surface area contributed by atoms with Crippen molar-refractivity contribution < 1.29 is 9.59 Å². The van der Waals surface area contributed by atoms with Crippen LogP contribution >= 0.6 is 0 Å². The molecule has 2 amide bonds. The molecule has 2 heterocycles. The van der Waals surface area contributed by atoms with E-state index in [2.05, 4.69) is 65.9 Å². The van der Waals surface area contributed by atoms with Gasteiger partial charge in [0.15, 0.2) is 0 Å². The van der Waals surface area contributed by atoms with Gasteiger partial charge < -0.3 is 10.2 Å². The van der Waals surface area contributed by atoms with Gasteiger partial charge in [0.1, 0.15) is 5.69 Å². The Bertz CT molecular complexity index is 1160. The summed E-state index contributed by atoms with van der Waals surface area (Å²) in [5.74, 6) is -0.344. The molecule has 1 saturated heterocycles. The Kier molecular flexibility index (Phi) is 6.63. The predicted octanol–water partition coefficient (Wildman–Crippen LogP) is 3.70. The zero-order valence-electron chi connectivity index (χ0n) is 19.9. The van der Waals surface area contributed by atoms with Crippen molar-refractivity contribution in [2.24, 2.45) is 13.0 Å². The van der Waals surface area contributed by atoms with E-state index in [1.165, 1.54) is 11.1 Å². The molecule has 4 rings (SSSR count). The molecule has 0 spiro atoms. The van der Waals surface area contributed by atoms with Crippen molar-refractivity contribution in [2.45, 2.75) is 33.6 Å². The Morgan fingerprint density at radius 1 is 1.12 bits per heavy atom. The summed E-state index contributed by atoms with van der Waals surface area (Å²) >= 11 is 0. The van der Waals surface area contributed by atoms with Crippen LogP contribution in [0, 0.1) is 19.8 Å². The minimum absolute atomic E-state index is 0.00374. The predicted molar refractivity (Wildman–Crippen MR) is 130 cm³/mol. The molecular weight excluding hydrogens is 412 g/mol. The van der Waals surface area contributed by atoms with Crippen LogP contribution in [-0.2, 0) is 24.7 Å². The summed E-state index contributed by atoms with van der Waals surface area (Å²) in [6, 6.07) is 16.8. The second kappa shape index (κ2) is 9.61. The van der Waals surface area contributed by atoms with E-state index in [1.807, 2.05) is 20.9 Å². The van der Waals surface area contributed by atoms with Crippen LogP contribution in [0.3, 0.4) is 0 Å². The quantitative estimate of drug-likeness (QED) is 0.653. The van der Waals surface area contributed by atoms with Gasteiger partial charge in [0.05, 0.1) is 11.6 Å². The number of nitrogens with zero attached hydrogens (tertiary/aromatic N) is 3. The Morgan fingerprint density at radius 3 is 2.55 bits per heavy atom. The van der Waals surface area contributed by atoms with Gasteiger partial charge in [0.2, 0.25) is 5.91 Å². The van der Waals surface area contributed by atoms with Crippen LogP contribution in [0.2, 0.25) is 0 Å². The highest BCUT2D eigenvalue weighted by atomic mass is 16.2. The summed E-state index contributed by atoms with van der Waals surface area (Å²) in [4.78, 5) is 27.9. The van der Waals surface area contributed by atoms with E-state index >= 15 is 0 Å². The Hall–Kier alpha value is -3.41. The lowest BCUT2D eigenvalue weighted by atomic mass is 9.95. The van der Waals surface area contributed by atoms with E-state index < -0.39 is 0 Å². The molecule has 1 fully saturated rings. The van der Waals surface area contributed by atoms with E-state index in [9.17, 15) is 9.59 Å². The maximum absolute atomic E-state index is 13.4. The standard InChI is InChI=1S/C27H32N4O2/c1-5-24-19(3)25(30(4)29-24)27(33)31-14-13-28-26(32)23(17-31)16-20-9-11-21(12-10-20)22-8-6-7-18(2)15-22/h6-12,15,23H,5,13-14,16-17H2,1-4H3,(H,28,32)/t23-/m1/s1. The van der Waals surface area contributed by atoms with Gasteiger partial charge >= 0.3 is 0 Å². The van der Waals surface area contributed by atoms with E-state index in [0.29, 0.717) is 31.7 Å². The smallest absolute Gasteiger partial charge is 0.272 e. The van der Waals surface area contributed by atoms with Crippen molar-refractivity contribution >= 4 is 11.8 Å². The second-order valence-corrected chi connectivity index (χ2v) is 8.91. The third-order valence-corrected chi connectivity index (χ3v) is 6.49. The highest BCUT2D eigenvalue weighted by Crippen LogP contribution is 2.23. The minimum Gasteiger partial charge on any atom is -0.354 e. The van der Waals surface area contributed by atoms with Crippen LogP contribution in [0.1, 0.15) is 39.8 Å². The summed E-state index contributed by atoms with van der Waals surface area (Å²) in [5.41, 5.74) is 7.14. The first kappa shape index (κ1) is 22.8. The molecule has 33 heavy (non-hydrogen) atoms. The van der Waals surface area contributed by atoms with Gasteiger partial charge in [-0.2, -0.15) is 5.10 Å². The van der Waals surface area contributed by atoms with E-state index in [4.69, 9.17) is 0 Å². The van der Waals surface area contributed by atoms with Gasteiger partial charge in [-0.1, -0.05) is 61.0 Å². The monoisotopic (exact) mass is 444 g/mol. The first-order valence-electron chi connectivity index (χ1n) is 11.6. The van der Waals surface area contributed by atoms with Gasteiger partial charge in [-0.15, -0.1) is 0 Å². The van der Waals surface area contributed by atoms with Gasteiger partial charge in [0, 0.05) is 32.2 Å². The van der Waals surface area contributed by atoms with Crippen molar-refractivity contribution in [3.05, 3.63) is 76.6 Å². The average Bonchev–Trinajstić information content (AvgIpc) is 2.97. The molecule has 2 aromatic carbocycles. The number of aryl methyl sites for hydroxylation is 3. The van der Waals surface area contributed by atoms with Crippen LogP contribution in [0.25, 0.3) is 11.1 Å². The molecule has 0 radical (unpaired) electrons. The van der Waals surface area contributed by atoms with Crippen LogP contribution in [0.4, 0.5) is 0 Å². The number of amides is 2. The Labute approximate surface area is 195 Å². The maximum atomic E-state index is 13.4. The first-order valence-corrected chi connectivity index (χ1v) is 11.6. The van der Waals surface area contributed by atoms with Crippen LogP contribution in [0.15, 0.2) is 48.5 Å². The summed E-state index contributed by atoms with van der Waals surface area (Å²) in [6.07, 6.45) is 1.38. The first-order chi connectivity index (χ1) is 15.9. The molecule has 0 aliphatic carbocycles. The minimum atomic E-state index is -0.291. The molecule has 1 atom stereocenters. The molecule has 6 nitrogen and oxygen atoms in total. The summed E-state index contributed by atoms with van der Waals surface area (Å²) in [7, 11) is 1.81. The topological polar surface area (TPSA) is 67.2 Å². The zero-order chi connectivity index (χ0) is 23.5. The molecule has 0 unspecified atom stereocenters. The third kappa shape index (κ3) is 4.85. The number of benzene rings is 2. The summed E-state index contributed by atoms with van der Waals surface area (Å²) in [6.45, 7) is 7.44. The lowest BCUT2D eigenvalue weighted by Crippen LogP contribution is -2.38. The summed E-state index contributed by atoms with van der Waals surface area (Å²) < 4.78 is 1.68. The van der Waals surface area contributed by atoms with Crippen molar-refractivity contribution in [3.63, 3.8) is 0 Å². The molecule has 0 saturated carbocycles. The number of aromatic nitrogens is 2. The average molecular weight is 445 g/mol. The number of rotatable bonds is 5. The molecule has 3 aromatic rings. The highest BCUT2D eigenvalue weighted by molar-refractivity contribution is 5.95.